The van der Waals surface area contributed by atoms with Crippen molar-refractivity contribution in [3.63, 3.8) is 0 Å². The first-order chi connectivity index (χ1) is 10.0. The van der Waals surface area contributed by atoms with E-state index in [2.05, 4.69) is 15.3 Å². The normalized spacial score (nSPS) is 13.1. The molecule has 21 heavy (non-hydrogen) atoms. The number of hydrogen-bond donors (Lipinski definition) is 2. The van der Waals surface area contributed by atoms with E-state index >= 15 is 0 Å². The van der Waals surface area contributed by atoms with Crippen molar-refractivity contribution in [1.29, 1.82) is 0 Å². The predicted molar refractivity (Wildman–Crippen MR) is 80.6 cm³/mol. The molecule has 0 radical (unpaired) electrons. The molecule has 1 aliphatic rings. The second-order valence-electron chi connectivity index (χ2n) is 5.29. The molecule has 0 aliphatic carbocycles. The minimum Gasteiger partial charge on any atom is -0.368 e. The summed E-state index contributed by atoms with van der Waals surface area (Å²) in [6.45, 7) is 5.03. The van der Waals surface area contributed by atoms with Crippen LogP contribution in [0.2, 0.25) is 0 Å². The van der Waals surface area contributed by atoms with Crippen LogP contribution in [0.3, 0.4) is 0 Å². The summed E-state index contributed by atoms with van der Waals surface area (Å²) in [6.07, 6.45) is 1.68. The van der Waals surface area contributed by atoms with E-state index in [0.717, 1.165) is 22.5 Å². The molecule has 1 aromatic heterocycles. The van der Waals surface area contributed by atoms with Gasteiger partial charge in [0.25, 0.3) is 0 Å². The lowest BCUT2D eigenvalue weighted by Gasteiger charge is -2.16. The van der Waals surface area contributed by atoms with E-state index in [1.54, 1.807) is 11.1 Å². The van der Waals surface area contributed by atoms with Crippen molar-refractivity contribution in [3.05, 3.63) is 46.8 Å². The molecule has 0 spiro atoms. The Morgan fingerprint density at radius 3 is 2.86 bits per heavy atom. The predicted octanol–water partition coefficient (Wildman–Crippen LogP) is 2.22. The number of fused-ring (bicyclic) bond motifs is 1. The van der Waals surface area contributed by atoms with E-state index in [4.69, 9.17) is 5.73 Å². The summed E-state index contributed by atoms with van der Waals surface area (Å²) in [6, 6.07) is 5.72. The summed E-state index contributed by atoms with van der Waals surface area (Å²) in [5, 5.41) is 2.91. The van der Waals surface area contributed by atoms with E-state index in [-0.39, 0.29) is 12.0 Å². The highest BCUT2D eigenvalue weighted by Crippen LogP contribution is 2.22. The minimum atomic E-state index is -0.144. The van der Waals surface area contributed by atoms with Gasteiger partial charge in [-0.1, -0.05) is 6.07 Å². The summed E-state index contributed by atoms with van der Waals surface area (Å²) in [5.74, 6) is 0.241. The summed E-state index contributed by atoms with van der Waals surface area (Å²) >= 11 is 0. The van der Waals surface area contributed by atoms with Crippen LogP contribution in [0.1, 0.15) is 22.4 Å². The first-order valence-corrected chi connectivity index (χ1v) is 6.76. The molecule has 2 amide bonds. The second-order valence-corrected chi connectivity index (χ2v) is 5.29. The van der Waals surface area contributed by atoms with Crippen molar-refractivity contribution in [2.24, 2.45) is 0 Å². The van der Waals surface area contributed by atoms with Crippen molar-refractivity contribution in [2.45, 2.75) is 26.9 Å². The van der Waals surface area contributed by atoms with Gasteiger partial charge in [0.05, 0.1) is 18.8 Å². The average Bonchev–Trinajstić information content (AvgIpc) is 2.86. The van der Waals surface area contributed by atoms with E-state index in [1.165, 1.54) is 5.56 Å². The third-order valence-electron chi connectivity index (χ3n) is 3.72. The maximum Gasteiger partial charge on any atom is 0.322 e. The van der Waals surface area contributed by atoms with Crippen LogP contribution in [-0.4, -0.2) is 20.9 Å². The van der Waals surface area contributed by atoms with E-state index in [9.17, 15) is 4.79 Å². The van der Waals surface area contributed by atoms with Gasteiger partial charge in [-0.15, -0.1) is 0 Å². The molecule has 0 saturated heterocycles. The molecule has 0 saturated carbocycles. The summed E-state index contributed by atoms with van der Waals surface area (Å²) in [4.78, 5) is 22.1. The number of anilines is 2. The first-order valence-electron chi connectivity index (χ1n) is 6.76. The fourth-order valence-corrected chi connectivity index (χ4v) is 2.33. The van der Waals surface area contributed by atoms with Crippen LogP contribution in [0.15, 0.2) is 24.4 Å². The highest BCUT2D eigenvalue weighted by molar-refractivity contribution is 5.89. The van der Waals surface area contributed by atoms with Crippen molar-refractivity contribution in [3.8, 4) is 0 Å². The Bertz CT molecular complexity index is 713. The molecule has 108 valence electrons. The zero-order valence-corrected chi connectivity index (χ0v) is 12.1. The number of carbonyl (C=O) groups excluding carboxylic acids is 1. The van der Waals surface area contributed by atoms with Crippen molar-refractivity contribution in [1.82, 2.24) is 14.9 Å². The molecular weight excluding hydrogens is 266 g/mol. The van der Waals surface area contributed by atoms with Gasteiger partial charge in [-0.05, 0) is 37.1 Å². The molecule has 3 rings (SSSR count). The van der Waals surface area contributed by atoms with Gasteiger partial charge in [0.1, 0.15) is 0 Å². The number of nitrogens with two attached hydrogens (primary N) is 1. The Hall–Kier alpha value is -2.63. The number of nitrogens with zero attached hydrogens (tertiary/aromatic N) is 3. The van der Waals surface area contributed by atoms with Crippen molar-refractivity contribution >= 4 is 17.7 Å². The molecular formula is C15H17N5O. The van der Waals surface area contributed by atoms with Gasteiger partial charge in [0.2, 0.25) is 5.95 Å². The minimum absolute atomic E-state index is 0.144. The third-order valence-corrected chi connectivity index (χ3v) is 3.72. The van der Waals surface area contributed by atoms with Gasteiger partial charge in [-0.2, -0.15) is 0 Å². The van der Waals surface area contributed by atoms with Gasteiger partial charge in [-0.3, -0.25) is 0 Å². The van der Waals surface area contributed by atoms with Crippen molar-refractivity contribution in [2.75, 3.05) is 11.1 Å². The highest BCUT2D eigenvalue weighted by atomic mass is 16.2. The van der Waals surface area contributed by atoms with Gasteiger partial charge in [0, 0.05) is 17.4 Å². The number of amides is 2. The lowest BCUT2D eigenvalue weighted by molar-refractivity contribution is 0.212. The van der Waals surface area contributed by atoms with Gasteiger partial charge < -0.3 is 16.0 Å². The zero-order valence-electron chi connectivity index (χ0n) is 12.1. The lowest BCUT2D eigenvalue weighted by Crippen LogP contribution is -2.30. The third kappa shape index (κ3) is 2.65. The van der Waals surface area contributed by atoms with Gasteiger partial charge in [0.15, 0.2) is 0 Å². The first kappa shape index (κ1) is 13.4. The smallest absolute Gasteiger partial charge is 0.322 e. The fraction of sp³-hybridized carbons (Fsp3) is 0.267. The summed E-state index contributed by atoms with van der Waals surface area (Å²) < 4.78 is 0. The van der Waals surface area contributed by atoms with Crippen LogP contribution < -0.4 is 11.1 Å². The van der Waals surface area contributed by atoms with Crippen LogP contribution in [0.5, 0.6) is 0 Å². The van der Waals surface area contributed by atoms with E-state index < -0.39 is 0 Å². The number of nitrogen functional groups attached to an aromatic ring is 1. The number of aryl methyl sites for hydroxylation is 2. The quantitative estimate of drug-likeness (QED) is 0.840. The molecule has 3 N–H and O–H groups in total. The van der Waals surface area contributed by atoms with Crippen LogP contribution in [0, 0.1) is 13.8 Å². The largest absolute Gasteiger partial charge is 0.368 e. The van der Waals surface area contributed by atoms with Crippen LogP contribution >= 0.6 is 0 Å². The van der Waals surface area contributed by atoms with Crippen LogP contribution in [0.25, 0.3) is 0 Å². The molecule has 1 aromatic carbocycles. The number of hydrogen-bond acceptors (Lipinski definition) is 4. The maximum atomic E-state index is 12.3. The Kier molecular flexibility index (Phi) is 3.21. The summed E-state index contributed by atoms with van der Waals surface area (Å²) in [5.41, 5.74) is 10.5. The molecule has 2 aromatic rings. The van der Waals surface area contributed by atoms with E-state index in [1.807, 2.05) is 32.0 Å². The summed E-state index contributed by atoms with van der Waals surface area (Å²) in [7, 11) is 0. The molecule has 0 bridgehead atoms. The molecule has 2 heterocycles. The fourth-order valence-electron chi connectivity index (χ4n) is 2.33. The topological polar surface area (TPSA) is 84.1 Å². The molecule has 1 aliphatic heterocycles. The lowest BCUT2D eigenvalue weighted by atomic mass is 10.1. The standard InChI is InChI=1S/C15H17N5O/c1-9-3-4-12(5-10(9)2)18-15(21)20-7-11-6-17-14(16)19-13(11)8-20/h3-6H,7-8H2,1-2H3,(H,18,21)(H2,16,17,19). The number of urea groups is 1. The second kappa shape index (κ2) is 5.05. The molecule has 0 atom stereocenters. The Morgan fingerprint density at radius 1 is 1.29 bits per heavy atom. The van der Waals surface area contributed by atoms with Gasteiger partial charge >= 0.3 is 6.03 Å². The van der Waals surface area contributed by atoms with E-state index in [0.29, 0.717) is 13.1 Å². The van der Waals surface area contributed by atoms with Crippen LogP contribution in [-0.2, 0) is 13.1 Å². The maximum absolute atomic E-state index is 12.3. The number of rotatable bonds is 1. The van der Waals surface area contributed by atoms with Crippen molar-refractivity contribution < 1.29 is 4.79 Å². The zero-order chi connectivity index (χ0) is 15.0. The van der Waals surface area contributed by atoms with Crippen LogP contribution in [0.4, 0.5) is 16.4 Å². The number of aromatic nitrogens is 2. The highest BCUT2D eigenvalue weighted by Gasteiger charge is 2.25. The molecule has 0 fully saturated rings. The number of benzene rings is 1. The average molecular weight is 283 g/mol. The SMILES string of the molecule is Cc1ccc(NC(=O)N2Cc3cnc(N)nc3C2)cc1C. The number of nitrogens with one attached hydrogen (secondary N) is 1. The molecule has 0 unspecified atom stereocenters. The Balaban J connectivity index is 1.71. The molecule has 6 nitrogen and oxygen atoms in total. The molecule has 6 heteroatoms. The monoisotopic (exact) mass is 283 g/mol. The Morgan fingerprint density at radius 2 is 2.10 bits per heavy atom. The number of carbonyl (C=O) groups is 1. The van der Waals surface area contributed by atoms with Gasteiger partial charge in [-0.25, -0.2) is 14.8 Å². The Labute approximate surface area is 123 Å².